The average molecular weight is 293 g/mol. The van der Waals surface area contributed by atoms with Crippen molar-refractivity contribution in [2.75, 3.05) is 0 Å². The van der Waals surface area contributed by atoms with Crippen molar-refractivity contribution in [2.45, 2.75) is 45.6 Å². The number of rotatable bonds is 3. The van der Waals surface area contributed by atoms with Crippen LogP contribution in [0.4, 0.5) is 0 Å². The predicted molar refractivity (Wildman–Crippen MR) is 90.1 cm³/mol. The first-order valence-corrected chi connectivity index (χ1v) is 8.13. The molecule has 3 rings (SSSR count). The molecule has 1 atom stereocenters. The molecule has 0 radical (unpaired) electrons. The zero-order valence-corrected chi connectivity index (χ0v) is 13.4. The van der Waals surface area contributed by atoms with Crippen molar-refractivity contribution in [3.05, 3.63) is 70.3 Å². The van der Waals surface area contributed by atoms with Crippen LogP contribution in [-0.4, -0.2) is 5.91 Å². The minimum atomic E-state index is -0.00563. The van der Waals surface area contributed by atoms with Gasteiger partial charge in [-0.2, -0.15) is 0 Å². The molecular weight excluding hydrogens is 270 g/mol. The second-order valence-electron chi connectivity index (χ2n) is 6.30. The molecule has 0 heterocycles. The van der Waals surface area contributed by atoms with Crippen LogP contribution in [-0.2, 0) is 12.8 Å². The van der Waals surface area contributed by atoms with E-state index >= 15 is 0 Å². The third-order valence-corrected chi connectivity index (χ3v) is 4.50. The largest absolute Gasteiger partial charge is 0.346 e. The molecule has 0 bridgehead atoms. The normalized spacial score (nSPS) is 15.0. The summed E-state index contributed by atoms with van der Waals surface area (Å²) in [4.78, 5) is 12.4. The minimum absolute atomic E-state index is 0.00563. The van der Waals surface area contributed by atoms with Gasteiger partial charge in [-0.15, -0.1) is 0 Å². The number of benzene rings is 2. The molecule has 2 heteroatoms. The van der Waals surface area contributed by atoms with Gasteiger partial charge in [0.05, 0.1) is 6.04 Å². The lowest BCUT2D eigenvalue weighted by atomic mass is 9.89. The summed E-state index contributed by atoms with van der Waals surface area (Å²) in [6.45, 7) is 4.06. The van der Waals surface area contributed by atoms with E-state index in [-0.39, 0.29) is 11.9 Å². The Labute approximate surface area is 132 Å². The van der Waals surface area contributed by atoms with Crippen LogP contribution in [0.3, 0.4) is 0 Å². The molecule has 1 N–H and O–H groups in total. The van der Waals surface area contributed by atoms with Crippen molar-refractivity contribution >= 4 is 5.91 Å². The number of fused-ring (bicyclic) bond motifs is 1. The zero-order valence-electron chi connectivity index (χ0n) is 13.4. The Morgan fingerprint density at radius 2 is 1.82 bits per heavy atom. The Balaban J connectivity index is 1.74. The van der Waals surface area contributed by atoms with Gasteiger partial charge in [-0.05, 0) is 68.4 Å². The predicted octanol–water partition coefficient (Wildman–Crippen LogP) is 4.36. The fourth-order valence-electron chi connectivity index (χ4n) is 3.17. The number of carbonyl (C=O) groups excluding carboxylic acids is 1. The van der Waals surface area contributed by atoms with E-state index < -0.39 is 0 Å². The summed E-state index contributed by atoms with van der Waals surface area (Å²) in [5, 5.41) is 3.11. The van der Waals surface area contributed by atoms with Crippen LogP contribution in [0.1, 0.15) is 58.4 Å². The Hall–Kier alpha value is -2.09. The highest BCUT2D eigenvalue weighted by molar-refractivity contribution is 5.94. The maximum atomic E-state index is 12.4. The quantitative estimate of drug-likeness (QED) is 0.894. The van der Waals surface area contributed by atoms with Gasteiger partial charge in [-0.25, -0.2) is 0 Å². The molecule has 0 aliphatic heterocycles. The van der Waals surface area contributed by atoms with E-state index in [2.05, 4.69) is 30.4 Å². The van der Waals surface area contributed by atoms with Gasteiger partial charge in [0.15, 0.2) is 0 Å². The lowest BCUT2D eigenvalue weighted by Gasteiger charge is -2.20. The molecule has 2 aromatic carbocycles. The number of hydrogen-bond acceptors (Lipinski definition) is 1. The molecule has 22 heavy (non-hydrogen) atoms. The van der Waals surface area contributed by atoms with Gasteiger partial charge in [0, 0.05) is 5.56 Å². The van der Waals surface area contributed by atoms with Gasteiger partial charge in [0.25, 0.3) is 5.91 Å². The number of carbonyl (C=O) groups is 1. The lowest BCUT2D eigenvalue weighted by Crippen LogP contribution is -2.26. The zero-order chi connectivity index (χ0) is 15.5. The molecule has 2 nitrogen and oxygen atoms in total. The molecule has 0 spiro atoms. The topological polar surface area (TPSA) is 29.1 Å². The molecular formula is C20H23NO. The minimum Gasteiger partial charge on any atom is -0.346 e. The molecule has 0 saturated carbocycles. The fourth-order valence-corrected chi connectivity index (χ4v) is 3.17. The molecule has 1 aliphatic carbocycles. The van der Waals surface area contributed by atoms with Crippen molar-refractivity contribution in [1.82, 2.24) is 5.32 Å². The number of nitrogens with one attached hydrogen (secondary N) is 1. The maximum Gasteiger partial charge on any atom is 0.251 e. The first kappa shape index (κ1) is 14.8. The van der Waals surface area contributed by atoms with Crippen LogP contribution in [0.15, 0.2) is 42.5 Å². The van der Waals surface area contributed by atoms with E-state index in [0.29, 0.717) is 0 Å². The summed E-state index contributed by atoms with van der Waals surface area (Å²) in [7, 11) is 0. The van der Waals surface area contributed by atoms with E-state index in [0.717, 1.165) is 11.1 Å². The summed E-state index contributed by atoms with van der Waals surface area (Å²) < 4.78 is 0. The van der Waals surface area contributed by atoms with Crippen molar-refractivity contribution in [3.63, 3.8) is 0 Å². The molecule has 0 aromatic heterocycles. The van der Waals surface area contributed by atoms with Gasteiger partial charge < -0.3 is 5.32 Å². The first-order chi connectivity index (χ1) is 10.6. The molecule has 0 unspecified atom stereocenters. The fraction of sp³-hybridized carbons (Fsp3) is 0.350. The summed E-state index contributed by atoms with van der Waals surface area (Å²) in [5.41, 5.74) is 5.97. The molecule has 0 fully saturated rings. The Morgan fingerprint density at radius 1 is 1.05 bits per heavy atom. The summed E-state index contributed by atoms with van der Waals surface area (Å²) in [5.74, 6) is -0.00563. The molecule has 1 aliphatic rings. The lowest BCUT2D eigenvalue weighted by molar-refractivity contribution is 0.0940. The molecule has 1 amide bonds. The van der Waals surface area contributed by atoms with E-state index in [1.165, 1.54) is 42.4 Å². The second kappa shape index (κ2) is 6.35. The number of amides is 1. The monoisotopic (exact) mass is 293 g/mol. The van der Waals surface area contributed by atoms with Crippen LogP contribution in [0.5, 0.6) is 0 Å². The molecule has 114 valence electrons. The smallest absolute Gasteiger partial charge is 0.251 e. The Morgan fingerprint density at radius 3 is 2.59 bits per heavy atom. The van der Waals surface area contributed by atoms with E-state index in [4.69, 9.17) is 0 Å². The van der Waals surface area contributed by atoms with Crippen molar-refractivity contribution in [3.8, 4) is 0 Å². The van der Waals surface area contributed by atoms with Crippen molar-refractivity contribution in [1.29, 1.82) is 0 Å². The van der Waals surface area contributed by atoms with Gasteiger partial charge in [0.2, 0.25) is 0 Å². The molecule has 2 aromatic rings. The van der Waals surface area contributed by atoms with Gasteiger partial charge in [0.1, 0.15) is 0 Å². The van der Waals surface area contributed by atoms with Gasteiger partial charge >= 0.3 is 0 Å². The third kappa shape index (κ3) is 3.22. The average Bonchev–Trinajstić information content (AvgIpc) is 2.54. The Kier molecular flexibility index (Phi) is 4.28. The third-order valence-electron chi connectivity index (χ3n) is 4.50. The maximum absolute atomic E-state index is 12.4. The van der Waals surface area contributed by atoms with Crippen LogP contribution in [0.25, 0.3) is 0 Å². The Bertz CT molecular complexity index is 690. The van der Waals surface area contributed by atoms with Crippen molar-refractivity contribution < 1.29 is 4.79 Å². The highest BCUT2D eigenvalue weighted by Crippen LogP contribution is 2.25. The van der Waals surface area contributed by atoms with Crippen LogP contribution in [0.2, 0.25) is 0 Å². The summed E-state index contributed by atoms with van der Waals surface area (Å²) in [6, 6.07) is 14.4. The van der Waals surface area contributed by atoms with E-state index in [1.807, 2.05) is 31.2 Å². The van der Waals surface area contributed by atoms with E-state index in [9.17, 15) is 4.79 Å². The van der Waals surface area contributed by atoms with Crippen LogP contribution in [0, 0.1) is 6.92 Å². The SMILES string of the molecule is Cc1cccc(C(=O)N[C@@H](C)c2ccc3c(c2)CCCC3)c1. The van der Waals surface area contributed by atoms with E-state index in [1.54, 1.807) is 0 Å². The summed E-state index contributed by atoms with van der Waals surface area (Å²) in [6.07, 6.45) is 4.94. The van der Waals surface area contributed by atoms with Crippen LogP contribution >= 0.6 is 0 Å². The standard InChI is InChI=1S/C20H23NO/c1-14-6-5-9-19(12-14)20(22)21-15(2)17-11-10-16-7-3-4-8-18(16)13-17/h5-6,9-13,15H,3-4,7-8H2,1-2H3,(H,21,22)/t15-/m0/s1. The number of hydrogen-bond donors (Lipinski definition) is 1. The highest BCUT2D eigenvalue weighted by atomic mass is 16.1. The first-order valence-electron chi connectivity index (χ1n) is 8.13. The van der Waals surface area contributed by atoms with Crippen LogP contribution < -0.4 is 5.32 Å². The van der Waals surface area contributed by atoms with Crippen molar-refractivity contribution in [2.24, 2.45) is 0 Å². The van der Waals surface area contributed by atoms with Gasteiger partial charge in [-0.1, -0.05) is 35.9 Å². The summed E-state index contributed by atoms with van der Waals surface area (Å²) >= 11 is 0. The highest BCUT2D eigenvalue weighted by Gasteiger charge is 2.14. The number of aryl methyl sites for hydroxylation is 3. The second-order valence-corrected chi connectivity index (χ2v) is 6.30. The van der Waals surface area contributed by atoms with Gasteiger partial charge in [-0.3, -0.25) is 4.79 Å². The molecule has 0 saturated heterocycles.